The van der Waals surface area contributed by atoms with E-state index in [9.17, 15) is 4.79 Å². The number of thiocarbonyl (C=S) groups is 2. The van der Waals surface area contributed by atoms with Gasteiger partial charge in [0.1, 0.15) is 0 Å². The number of carbonyl (C=O) groups excluding carboxylic acids is 1. The topological polar surface area (TPSA) is 75.8 Å². The molecule has 90 valence electrons. The molecule has 0 aliphatic carbocycles. The molecule has 5 nitrogen and oxygen atoms in total. The van der Waals surface area contributed by atoms with Crippen molar-refractivity contribution in [1.82, 2.24) is 4.90 Å². The van der Waals surface area contributed by atoms with Crippen molar-refractivity contribution in [3.8, 4) is 12.3 Å². The third-order valence-electron chi connectivity index (χ3n) is 1.10. The second-order valence-corrected chi connectivity index (χ2v) is 3.54. The lowest BCUT2D eigenvalue weighted by atomic mass is 10.3. The maximum absolute atomic E-state index is 10.8. The molecule has 7 heteroatoms. The number of carbonyl (C=O) groups is 1. The summed E-state index contributed by atoms with van der Waals surface area (Å²) in [4.78, 5) is 12.4. The largest absolute Gasteiger partial charge is 0.487 e. The average molecular weight is 262 g/mol. The predicted molar refractivity (Wildman–Crippen MR) is 70.1 cm³/mol. The third-order valence-corrected chi connectivity index (χ3v) is 1.57. The molecule has 0 saturated heterocycles. The summed E-state index contributed by atoms with van der Waals surface area (Å²) in [5.74, 6) is 1.98. The quantitative estimate of drug-likeness (QED) is 0.545. The molecule has 0 aromatic carbocycles. The van der Waals surface area contributed by atoms with Gasteiger partial charge in [0.25, 0.3) is 10.3 Å². The number of nitrogens with two attached hydrogens (primary N) is 1. The molecule has 0 radical (unpaired) electrons. The van der Waals surface area contributed by atoms with Crippen LogP contribution >= 0.6 is 24.4 Å². The van der Waals surface area contributed by atoms with Crippen LogP contribution in [-0.4, -0.2) is 46.3 Å². The fraction of sp³-hybridized carbons (Fsp3) is 0.444. The van der Waals surface area contributed by atoms with E-state index in [1.54, 1.807) is 19.0 Å². The molecule has 16 heavy (non-hydrogen) atoms. The van der Waals surface area contributed by atoms with E-state index in [-0.39, 0.29) is 11.0 Å². The number of Topliss-reactive ketones (excluding diaryl/α,β-unsaturated/α-hetero) is 1. The van der Waals surface area contributed by atoms with Crippen LogP contribution in [0.25, 0.3) is 0 Å². The molecule has 0 heterocycles. The van der Waals surface area contributed by atoms with Crippen LogP contribution in [0.15, 0.2) is 0 Å². The summed E-state index contributed by atoms with van der Waals surface area (Å²) in [5, 5.41) is 7.28. The Morgan fingerprint density at radius 1 is 1.56 bits per heavy atom. The van der Waals surface area contributed by atoms with Gasteiger partial charge in [0, 0.05) is 14.1 Å². The number of aliphatic hydroxyl groups excluding tert-OH is 1. The van der Waals surface area contributed by atoms with Crippen LogP contribution in [0.2, 0.25) is 0 Å². The van der Waals surface area contributed by atoms with Gasteiger partial charge in [-0.15, -0.1) is 6.42 Å². The molecule has 0 aromatic heterocycles. The number of aliphatic hydroxyl groups is 1. The number of terminal acetylenes is 1. The number of ketones is 1. The predicted octanol–water partition coefficient (Wildman–Crippen LogP) is 0.228. The Balaban J connectivity index is 0. The van der Waals surface area contributed by atoms with Crippen molar-refractivity contribution in [2.75, 3.05) is 14.1 Å². The van der Waals surface area contributed by atoms with Gasteiger partial charge < -0.3 is 20.5 Å². The Morgan fingerprint density at radius 3 is 2.12 bits per heavy atom. The number of ether oxygens (including phenoxy) is 1. The minimum atomic E-state index is -0.861. The van der Waals surface area contributed by atoms with Gasteiger partial charge >= 0.3 is 0 Å². The maximum atomic E-state index is 10.8. The standard InChI is InChI=1S/C8H11NO2S.CH3NOS/c1-5-7(6(2)10)11-8(12)9(3)4;2-1(3)4/h1,7H,2-4H3;(H3,2,3,4). The van der Waals surface area contributed by atoms with Crippen LogP contribution in [0.3, 0.4) is 0 Å². The van der Waals surface area contributed by atoms with Crippen molar-refractivity contribution < 1.29 is 14.6 Å². The molecule has 0 aliphatic heterocycles. The molecule has 0 aromatic rings. The maximum Gasteiger partial charge on any atom is 0.260 e. The second-order valence-electron chi connectivity index (χ2n) is 2.77. The smallest absolute Gasteiger partial charge is 0.260 e. The van der Waals surface area contributed by atoms with Gasteiger partial charge in [-0.05, 0) is 31.4 Å². The molecule has 0 fully saturated rings. The Labute approximate surface area is 106 Å². The second kappa shape index (κ2) is 8.88. The third kappa shape index (κ3) is 10.7. The van der Waals surface area contributed by atoms with Gasteiger partial charge in [0.2, 0.25) is 6.10 Å². The van der Waals surface area contributed by atoms with Crippen LogP contribution in [0.4, 0.5) is 0 Å². The Morgan fingerprint density at radius 2 is 1.94 bits per heavy atom. The number of nitrogens with zero attached hydrogens (tertiary/aromatic N) is 1. The van der Waals surface area contributed by atoms with Gasteiger partial charge in [-0.3, -0.25) is 4.79 Å². The number of hydrogen-bond acceptors (Lipinski definition) is 4. The zero-order valence-electron chi connectivity index (χ0n) is 9.26. The van der Waals surface area contributed by atoms with Gasteiger partial charge in [-0.1, -0.05) is 5.92 Å². The van der Waals surface area contributed by atoms with Crippen molar-refractivity contribution >= 4 is 40.6 Å². The zero-order valence-corrected chi connectivity index (χ0v) is 10.9. The van der Waals surface area contributed by atoms with Gasteiger partial charge in [-0.2, -0.15) is 0 Å². The SMILES string of the molecule is C#CC(OC(=S)N(C)C)C(C)=O.NC(O)=S. The summed E-state index contributed by atoms with van der Waals surface area (Å²) >= 11 is 8.67. The van der Waals surface area contributed by atoms with Crippen molar-refractivity contribution in [1.29, 1.82) is 0 Å². The fourth-order valence-corrected chi connectivity index (χ4v) is 0.537. The van der Waals surface area contributed by atoms with E-state index in [4.69, 9.17) is 28.5 Å². The van der Waals surface area contributed by atoms with Crippen molar-refractivity contribution in [3.63, 3.8) is 0 Å². The first-order valence-corrected chi connectivity index (χ1v) is 4.87. The highest BCUT2D eigenvalue weighted by molar-refractivity contribution is 7.80. The van der Waals surface area contributed by atoms with Gasteiger partial charge in [0.15, 0.2) is 5.78 Å². The van der Waals surface area contributed by atoms with Gasteiger partial charge in [0.05, 0.1) is 0 Å². The Bertz CT molecular complexity index is 306. The molecule has 0 saturated carbocycles. The summed E-state index contributed by atoms with van der Waals surface area (Å²) < 4.78 is 4.99. The molecule has 3 N–H and O–H groups in total. The first kappa shape index (κ1) is 17.0. The van der Waals surface area contributed by atoms with Crippen molar-refractivity contribution in [2.45, 2.75) is 13.0 Å². The summed E-state index contributed by atoms with van der Waals surface area (Å²) in [7, 11) is 3.44. The van der Waals surface area contributed by atoms with Crippen LogP contribution in [0.1, 0.15) is 6.92 Å². The van der Waals surface area contributed by atoms with E-state index in [1.165, 1.54) is 6.92 Å². The number of rotatable bonds is 2. The summed E-state index contributed by atoms with van der Waals surface area (Å²) in [6.45, 7) is 1.36. The molecule has 1 atom stereocenters. The Kier molecular flexibility index (Phi) is 9.45. The minimum Gasteiger partial charge on any atom is -0.487 e. The van der Waals surface area contributed by atoms with Crippen LogP contribution in [0.5, 0.6) is 0 Å². The molecular formula is C9H14N2O3S2. The lowest BCUT2D eigenvalue weighted by molar-refractivity contribution is -0.121. The van der Waals surface area contributed by atoms with Crippen LogP contribution < -0.4 is 5.73 Å². The highest BCUT2D eigenvalue weighted by Crippen LogP contribution is 1.96. The average Bonchev–Trinajstić information content (AvgIpc) is 2.11. The highest BCUT2D eigenvalue weighted by atomic mass is 32.1. The summed E-state index contributed by atoms with van der Waals surface area (Å²) in [5.41, 5.74) is 4.40. The van der Waals surface area contributed by atoms with Crippen molar-refractivity contribution in [3.05, 3.63) is 0 Å². The molecule has 0 aliphatic rings. The molecule has 0 bridgehead atoms. The molecule has 0 rings (SSSR count). The van der Waals surface area contributed by atoms with E-state index in [0.29, 0.717) is 0 Å². The highest BCUT2D eigenvalue weighted by Gasteiger charge is 2.14. The van der Waals surface area contributed by atoms with E-state index in [2.05, 4.69) is 23.9 Å². The molecule has 0 spiro atoms. The van der Waals surface area contributed by atoms with E-state index in [0.717, 1.165) is 0 Å². The first-order chi connectivity index (χ1) is 7.22. The van der Waals surface area contributed by atoms with E-state index < -0.39 is 11.3 Å². The first-order valence-electron chi connectivity index (χ1n) is 4.05. The number of hydrogen-bond donors (Lipinski definition) is 2. The summed E-state index contributed by atoms with van der Waals surface area (Å²) in [6, 6.07) is 0. The lowest BCUT2D eigenvalue weighted by Crippen LogP contribution is -2.30. The molecule has 0 amide bonds. The Hall–Kier alpha value is -1.39. The van der Waals surface area contributed by atoms with Crippen LogP contribution in [-0.2, 0) is 9.53 Å². The monoisotopic (exact) mass is 262 g/mol. The normalized spacial score (nSPS) is 9.88. The van der Waals surface area contributed by atoms with Crippen LogP contribution in [0, 0.1) is 12.3 Å². The molecular weight excluding hydrogens is 248 g/mol. The zero-order chi connectivity index (χ0) is 13.3. The fourth-order valence-electron chi connectivity index (χ4n) is 0.441. The minimum absolute atomic E-state index is 0.216. The lowest BCUT2D eigenvalue weighted by Gasteiger charge is -2.16. The van der Waals surface area contributed by atoms with Gasteiger partial charge in [-0.25, -0.2) is 0 Å². The summed E-state index contributed by atoms with van der Waals surface area (Å²) in [6.07, 6.45) is 4.19. The van der Waals surface area contributed by atoms with E-state index >= 15 is 0 Å². The molecule has 1 unspecified atom stereocenters. The van der Waals surface area contributed by atoms with Crippen molar-refractivity contribution in [2.24, 2.45) is 5.73 Å². The van der Waals surface area contributed by atoms with E-state index in [1.807, 2.05) is 0 Å².